The van der Waals surface area contributed by atoms with Gasteiger partial charge in [-0.15, -0.1) is 0 Å². The van der Waals surface area contributed by atoms with Crippen LogP contribution in [0.25, 0.3) is 22.3 Å². The molecule has 10 heteroatoms. The normalized spacial score (nSPS) is 17.3. The van der Waals surface area contributed by atoms with Crippen molar-refractivity contribution in [1.82, 2.24) is 25.3 Å². The minimum atomic E-state index is -0.149. The van der Waals surface area contributed by atoms with E-state index in [1.165, 1.54) is 6.08 Å². The zero-order valence-electron chi connectivity index (χ0n) is 23.6. The fraction of sp³-hybridized carbons (Fsp3) is 0.344. The molecule has 42 heavy (non-hydrogen) atoms. The molecule has 2 N–H and O–H groups in total. The van der Waals surface area contributed by atoms with Crippen molar-refractivity contribution in [3.63, 3.8) is 0 Å². The highest BCUT2D eigenvalue weighted by molar-refractivity contribution is 5.92. The third-order valence-corrected chi connectivity index (χ3v) is 7.88. The number of nitrogens with one attached hydrogen (secondary N) is 2. The van der Waals surface area contributed by atoms with E-state index in [0.29, 0.717) is 19.6 Å². The standard InChI is InChI=1S/C32H35N7O3/c1-2-30(41)36-24-4-3-11-39(20-24)26-9-10-33-25(17-26)18-27(40)16-22-5-7-23(8-6-22)29-19-28-31(37-29)34-21-35-32(28)38-12-14-42-15-13-38/h2,5-10,17,19,21,24H,1,3-4,11-16,18,20H2,(H,36,41)(H,34,35,37). The number of carbonyl (C=O) groups is 2. The van der Waals surface area contributed by atoms with Crippen LogP contribution in [-0.2, 0) is 27.2 Å². The lowest BCUT2D eigenvalue weighted by Gasteiger charge is -2.34. The molecule has 0 aliphatic carbocycles. The van der Waals surface area contributed by atoms with E-state index in [1.807, 2.05) is 36.4 Å². The first-order valence-electron chi connectivity index (χ1n) is 14.5. The van der Waals surface area contributed by atoms with E-state index in [4.69, 9.17) is 4.74 Å². The van der Waals surface area contributed by atoms with E-state index in [-0.39, 0.29) is 24.2 Å². The van der Waals surface area contributed by atoms with Crippen molar-refractivity contribution in [3.05, 3.63) is 78.9 Å². The summed E-state index contributed by atoms with van der Waals surface area (Å²) < 4.78 is 5.49. The number of carbonyl (C=O) groups excluding carboxylic acids is 2. The number of benzene rings is 1. The number of ketones is 1. The lowest BCUT2D eigenvalue weighted by molar-refractivity contribution is -0.118. The number of aromatic amines is 1. The van der Waals surface area contributed by atoms with E-state index < -0.39 is 0 Å². The average Bonchev–Trinajstić information content (AvgIpc) is 3.47. The summed E-state index contributed by atoms with van der Waals surface area (Å²) in [6.07, 6.45) is 7.19. The summed E-state index contributed by atoms with van der Waals surface area (Å²) in [4.78, 5) is 46.1. The number of ether oxygens (including phenoxy) is 1. The molecule has 1 amide bonds. The predicted octanol–water partition coefficient (Wildman–Crippen LogP) is 3.48. The molecule has 4 aromatic rings. The van der Waals surface area contributed by atoms with Crippen LogP contribution in [0.4, 0.5) is 11.5 Å². The number of hydrogen-bond donors (Lipinski definition) is 2. The molecular weight excluding hydrogens is 530 g/mol. The maximum Gasteiger partial charge on any atom is 0.243 e. The van der Waals surface area contributed by atoms with Gasteiger partial charge in [0.15, 0.2) is 0 Å². The molecule has 0 radical (unpaired) electrons. The number of morpholine rings is 1. The fourth-order valence-electron chi connectivity index (χ4n) is 5.75. The highest BCUT2D eigenvalue weighted by Crippen LogP contribution is 2.29. The molecule has 1 unspecified atom stereocenters. The minimum Gasteiger partial charge on any atom is -0.378 e. The summed E-state index contributed by atoms with van der Waals surface area (Å²) in [7, 11) is 0. The Morgan fingerprint density at radius 3 is 2.67 bits per heavy atom. The van der Waals surface area contributed by atoms with Crippen molar-refractivity contribution in [1.29, 1.82) is 0 Å². The largest absolute Gasteiger partial charge is 0.378 e. The Morgan fingerprint density at radius 2 is 1.86 bits per heavy atom. The molecule has 1 atom stereocenters. The van der Waals surface area contributed by atoms with Crippen molar-refractivity contribution in [3.8, 4) is 11.3 Å². The second-order valence-electron chi connectivity index (χ2n) is 10.8. The van der Waals surface area contributed by atoms with Gasteiger partial charge in [-0.3, -0.25) is 14.6 Å². The van der Waals surface area contributed by atoms with Crippen LogP contribution in [-0.4, -0.2) is 77.1 Å². The van der Waals surface area contributed by atoms with Gasteiger partial charge in [-0.2, -0.15) is 0 Å². The van der Waals surface area contributed by atoms with Crippen LogP contribution in [0.1, 0.15) is 24.1 Å². The zero-order chi connectivity index (χ0) is 28.9. The van der Waals surface area contributed by atoms with Crippen molar-refractivity contribution in [2.75, 3.05) is 49.2 Å². The Hall–Kier alpha value is -4.57. The molecule has 3 aromatic heterocycles. The molecule has 0 spiro atoms. The number of pyridine rings is 1. The van der Waals surface area contributed by atoms with Crippen LogP contribution in [0, 0.1) is 0 Å². The van der Waals surface area contributed by atoms with Crippen molar-refractivity contribution >= 4 is 34.2 Å². The van der Waals surface area contributed by atoms with E-state index in [1.54, 1.807) is 12.5 Å². The Balaban J connectivity index is 1.08. The molecule has 2 aliphatic rings. The van der Waals surface area contributed by atoms with Gasteiger partial charge in [0.05, 0.1) is 18.6 Å². The van der Waals surface area contributed by atoms with E-state index in [0.717, 1.165) is 84.1 Å². The summed E-state index contributed by atoms with van der Waals surface area (Å²) in [5.74, 6) is 0.882. The number of rotatable bonds is 9. The number of piperidine rings is 1. The summed E-state index contributed by atoms with van der Waals surface area (Å²) in [5.41, 5.74) is 5.52. The van der Waals surface area contributed by atoms with Gasteiger partial charge in [0.2, 0.25) is 5.91 Å². The van der Waals surface area contributed by atoms with Crippen molar-refractivity contribution < 1.29 is 14.3 Å². The first-order valence-corrected chi connectivity index (χ1v) is 14.5. The zero-order valence-corrected chi connectivity index (χ0v) is 23.6. The molecule has 0 bridgehead atoms. The second kappa shape index (κ2) is 12.5. The van der Waals surface area contributed by atoms with Gasteiger partial charge in [-0.05, 0) is 48.2 Å². The minimum absolute atomic E-state index is 0.0783. The lowest BCUT2D eigenvalue weighted by atomic mass is 10.0. The first kappa shape index (κ1) is 27.6. The molecule has 5 heterocycles. The lowest BCUT2D eigenvalue weighted by Crippen LogP contribution is -2.47. The number of H-pyrrole nitrogens is 1. The highest BCUT2D eigenvalue weighted by atomic mass is 16.5. The fourth-order valence-corrected chi connectivity index (χ4v) is 5.75. The maximum atomic E-state index is 13.0. The summed E-state index contributed by atoms with van der Waals surface area (Å²) in [6, 6.07) is 14.2. The maximum absolute atomic E-state index is 13.0. The molecular formula is C32H35N7O3. The van der Waals surface area contributed by atoms with Gasteiger partial charge < -0.3 is 24.8 Å². The molecule has 1 aromatic carbocycles. The summed E-state index contributed by atoms with van der Waals surface area (Å²) in [6.45, 7) is 8.18. The Kier molecular flexibility index (Phi) is 8.23. The van der Waals surface area contributed by atoms with Gasteiger partial charge >= 0.3 is 0 Å². The highest BCUT2D eigenvalue weighted by Gasteiger charge is 2.22. The van der Waals surface area contributed by atoms with Gasteiger partial charge in [-0.1, -0.05) is 30.8 Å². The SMILES string of the molecule is C=CC(=O)NC1CCCN(c2ccnc(CC(=O)Cc3ccc(-c4cc5c(N6CCOCC6)ncnc5[nH]4)cc3)c2)C1. The van der Waals surface area contributed by atoms with Crippen LogP contribution in [0.5, 0.6) is 0 Å². The first-order chi connectivity index (χ1) is 20.6. The van der Waals surface area contributed by atoms with Crippen LogP contribution >= 0.6 is 0 Å². The van der Waals surface area contributed by atoms with Crippen LogP contribution < -0.4 is 15.1 Å². The number of aromatic nitrogens is 4. The van der Waals surface area contributed by atoms with Gasteiger partial charge in [-0.25, -0.2) is 9.97 Å². The predicted molar refractivity (Wildman–Crippen MR) is 163 cm³/mol. The second-order valence-corrected chi connectivity index (χ2v) is 10.8. The summed E-state index contributed by atoms with van der Waals surface area (Å²) >= 11 is 0. The third kappa shape index (κ3) is 6.33. The monoisotopic (exact) mass is 565 g/mol. The summed E-state index contributed by atoms with van der Waals surface area (Å²) in [5, 5.41) is 3.99. The number of Topliss-reactive ketones (excluding diaryl/α,β-unsaturated/α-hetero) is 1. The van der Waals surface area contributed by atoms with Gasteiger partial charge in [0.25, 0.3) is 0 Å². The van der Waals surface area contributed by atoms with E-state index >= 15 is 0 Å². The molecule has 2 fully saturated rings. The van der Waals surface area contributed by atoms with Crippen LogP contribution in [0.2, 0.25) is 0 Å². The number of fused-ring (bicyclic) bond motifs is 1. The van der Waals surface area contributed by atoms with Crippen molar-refractivity contribution in [2.24, 2.45) is 0 Å². The quantitative estimate of drug-likeness (QED) is 0.297. The van der Waals surface area contributed by atoms with Crippen molar-refractivity contribution in [2.45, 2.75) is 31.7 Å². The number of anilines is 2. The van der Waals surface area contributed by atoms with E-state index in [2.05, 4.69) is 47.7 Å². The number of nitrogens with zero attached hydrogens (tertiary/aromatic N) is 5. The average molecular weight is 566 g/mol. The third-order valence-electron chi connectivity index (χ3n) is 7.88. The number of hydrogen-bond acceptors (Lipinski definition) is 8. The molecule has 6 rings (SSSR count). The Morgan fingerprint density at radius 1 is 1.02 bits per heavy atom. The Labute approximate surface area is 244 Å². The van der Waals surface area contributed by atoms with E-state index in [9.17, 15) is 9.59 Å². The molecule has 2 aliphatic heterocycles. The van der Waals surface area contributed by atoms with Gasteiger partial charge in [0, 0.05) is 68.3 Å². The molecule has 10 nitrogen and oxygen atoms in total. The van der Waals surface area contributed by atoms with Gasteiger partial charge in [0.1, 0.15) is 23.6 Å². The van der Waals surface area contributed by atoms with Crippen LogP contribution in [0.15, 0.2) is 67.6 Å². The Bertz CT molecular complexity index is 1580. The topological polar surface area (TPSA) is 116 Å². The molecule has 0 saturated carbocycles. The smallest absolute Gasteiger partial charge is 0.243 e. The molecule has 2 saturated heterocycles. The molecule has 216 valence electrons. The number of amides is 1. The van der Waals surface area contributed by atoms with Crippen LogP contribution in [0.3, 0.4) is 0 Å².